The van der Waals surface area contributed by atoms with Gasteiger partial charge in [-0.1, -0.05) is 18.7 Å². The van der Waals surface area contributed by atoms with E-state index in [1.807, 2.05) is 16.9 Å². The van der Waals surface area contributed by atoms with Gasteiger partial charge in [0.15, 0.2) is 5.16 Å². The number of aliphatic carboxylic acids is 1. The van der Waals surface area contributed by atoms with Crippen LogP contribution < -0.4 is 0 Å². The van der Waals surface area contributed by atoms with Gasteiger partial charge in [-0.05, 0) is 13.3 Å². The summed E-state index contributed by atoms with van der Waals surface area (Å²) in [5, 5.41) is 20.7. The summed E-state index contributed by atoms with van der Waals surface area (Å²) in [6.07, 6.45) is 1.80. The third-order valence-corrected chi connectivity index (χ3v) is 4.45. The fourth-order valence-electron chi connectivity index (χ4n) is 1.73. The van der Waals surface area contributed by atoms with E-state index in [1.54, 1.807) is 11.3 Å². The van der Waals surface area contributed by atoms with Crippen molar-refractivity contribution in [2.45, 2.75) is 38.4 Å². The number of carboxylic acids is 1. The molecule has 0 saturated carbocycles. The number of hydrogen-bond donors (Lipinski definition) is 1. The molecule has 8 heteroatoms. The SMILES string of the molecule is CCCc1nnc(SCC(=O)O)n1Cc1nc(C)cs1. The minimum atomic E-state index is -0.855. The molecule has 0 amide bonds. The lowest BCUT2D eigenvalue weighted by molar-refractivity contribution is -0.133. The number of hydrogen-bond acceptors (Lipinski definition) is 6. The van der Waals surface area contributed by atoms with Gasteiger partial charge in [-0.3, -0.25) is 9.36 Å². The number of aromatic nitrogens is 4. The van der Waals surface area contributed by atoms with Gasteiger partial charge >= 0.3 is 5.97 Å². The Kier molecular flexibility index (Phi) is 5.13. The summed E-state index contributed by atoms with van der Waals surface area (Å²) < 4.78 is 1.97. The number of rotatable bonds is 7. The Morgan fingerprint density at radius 1 is 1.50 bits per heavy atom. The van der Waals surface area contributed by atoms with E-state index >= 15 is 0 Å². The van der Waals surface area contributed by atoms with Crippen LogP contribution in [0.1, 0.15) is 29.9 Å². The maximum Gasteiger partial charge on any atom is 0.313 e. The molecule has 0 radical (unpaired) electrons. The van der Waals surface area contributed by atoms with E-state index in [0.717, 1.165) is 29.4 Å². The van der Waals surface area contributed by atoms with E-state index in [4.69, 9.17) is 5.11 Å². The topological polar surface area (TPSA) is 80.9 Å². The van der Waals surface area contributed by atoms with Crippen LogP contribution in [-0.4, -0.2) is 36.6 Å². The smallest absolute Gasteiger partial charge is 0.313 e. The summed E-state index contributed by atoms with van der Waals surface area (Å²) >= 11 is 2.79. The van der Waals surface area contributed by atoms with E-state index in [1.165, 1.54) is 11.8 Å². The van der Waals surface area contributed by atoms with Crippen molar-refractivity contribution < 1.29 is 9.90 Å². The Labute approximate surface area is 125 Å². The molecule has 0 bridgehead atoms. The standard InChI is InChI=1S/C12H16N4O2S2/c1-3-4-9-14-15-12(20-7-11(17)18)16(9)5-10-13-8(2)6-19-10/h6H,3-5,7H2,1-2H3,(H,17,18). The van der Waals surface area contributed by atoms with Gasteiger partial charge in [0, 0.05) is 17.5 Å². The van der Waals surface area contributed by atoms with Crippen LogP contribution in [0, 0.1) is 6.92 Å². The lowest BCUT2D eigenvalue weighted by Gasteiger charge is -2.07. The molecule has 0 fully saturated rings. The lowest BCUT2D eigenvalue weighted by atomic mass is 10.3. The zero-order chi connectivity index (χ0) is 14.5. The highest BCUT2D eigenvalue weighted by molar-refractivity contribution is 7.99. The molecule has 0 aliphatic rings. The molecular weight excluding hydrogens is 296 g/mol. The van der Waals surface area contributed by atoms with E-state index in [9.17, 15) is 4.79 Å². The molecule has 0 spiro atoms. The van der Waals surface area contributed by atoms with Gasteiger partial charge in [0.2, 0.25) is 0 Å². The van der Waals surface area contributed by atoms with Crippen molar-refractivity contribution in [2.24, 2.45) is 0 Å². The van der Waals surface area contributed by atoms with Crippen LogP contribution in [0.25, 0.3) is 0 Å². The second-order valence-electron chi connectivity index (χ2n) is 4.30. The molecule has 2 aromatic rings. The third kappa shape index (κ3) is 3.80. The molecule has 20 heavy (non-hydrogen) atoms. The first-order valence-corrected chi connectivity index (χ1v) is 8.14. The van der Waals surface area contributed by atoms with Crippen molar-refractivity contribution in [1.29, 1.82) is 0 Å². The molecule has 0 atom stereocenters. The van der Waals surface area contributed by atoms with Crippen molar-refractivity contribution >= 4 is 29.1 Å². The number of aryl methyl sites for hydroxylation is 2. The van der Waals surface area contributed by atoms with Crippen molar-refractivity contribution in [3.05, 3.63) is 21.9 Å². The average Bonchev–Trinajstić information content (AvgIpc) is 2.96. The summed E-state index contributed by atoms with van der Waals surface area (Å²) in [4.78, 5) is 15.1. The molecule has 108 valence electrons. The van der Waals surface area contributed by atoms with Gasteiger partial charge in [-0.25, -0.2) is 4.98 Å². The predicted octanol–water partition coefficient (Wildman–Crippen LogP) is 2.22. The monoisotopic (exact) mass is 312 g/mol. The van der Waals surface area contributed by atoms with E-state index in [0.29, 0.717) is 11.7 Å². The Bertz CT molecular complexity index is 594. The van der Waals surface area contributed by atoms with Crippen molar-refractivity contribution in [1.82, 2.24) is 19.7 Å². The van der Waals surface area contributed by atoms with E-state index < -0.39 is 5.97 Å². The molecule has 2 rings (SSSR count). The highest BCUT2D eigenvalue weighted by Gasteiger charge is 2.15. The van der Waals surface area contributed by atoms with E-state index in [2.05, 4.69) is 22.1 Å². The number of thiazole rings is 1. The number of nitrogens with zero attached hydrogens (tertiary/aromatic N) is 4. The first kappa shape index (κ1) is 15.0. The summed E-state index contributed by atoms with van der Waals surface area (Å²) in [6, 6.07) is 0. The highest BCUT2D eigenvalue weighted by atomic mass is 32.2. The van der Waals surface area contributed by atoms with Gasteiger partial charge in [-0.15, -0.1) is 21.5 Å². The van der Waals surface area contributed by atoms with Gasteiger partial charge in [0.05, 0.1) is 12.3 Å². The predicted molar refractivity (Wildman–Crippen MR) is 78.3 cm³/mol. The molecule has 1 N–H and O–H groups in total. The Balaban J connectivity index is 2.21. The van der Waals surface area contributed by atoms with Crippen LogP contribution in [0.2, 0.25) is 0 Å². The molecule has 6 nitrogen and oxygen atoms in total. The average molecular weight is 312 g/mol. The number of carboxylic acid groups (broad SMARTS) is 1. The lowest BCUT2D eigenvalue weighted by Crippen LogP contribution is -2.08. The van der Waals surface area contributed by atoms with Crippen LogP contribution in [0.3, 0.4) is 0 Å². The summed E-state index contributed by atoms with van der Waals surface area (Å²) in [5.41, 5.74) is 0.995. The second kappa shape index (κ2) is 6.85. The zero-order valence-electron chi connectivity index (χ0n) is 11.4. The Hall–Kier alpha value is -1.41. The maximum atomic E-state index is 10.7. The van der Waals surface area contributed by atoms with Gasteiger partial charge in [0.25, 0.3) is 0 Å². The molecule has 0 aliphatic heterocycles. The van der Waals surface area contributed by atoms with Crippen LogP contribution in [0.4, 0.5) is 0 Å². The Morgan fingerprint density at radius 2 is 2.30 bits per heavy atom. The largest absolute Gasteiger partial charge is 0.481 e. The summed E-state index contributed by atoms with van der Waals surface area (Å²) in [7, 11) is 0. The summed E-state index contributed by atoms with van der Waals surface area (Å²) in [6.45, 7) is 4.64. The molecule has 0 aliphatic carbocycles. The van der Waals surface area contributed by atoms with Crippen molar-refractivity contribution in [3.8, 4) is 0 Å². The molecule has 2 aromatic heterocycles. The first-order chi connectivity index (χ1) is 9.60. The van der Waals surface area contributed by atoms with Crippen LogP contribution in [0.15, 0.2) is 10.5 Å². The fraction of sp³-hybridized carbons (Fsp3) is 0.500. The van der Waals surface area contributed by atoms with Gasteiger partial charge < -0.3 is 5.11 Å². The normalized spacial score (nSPS) is 10.9. The molecular formula is C12H16N4O2S2. The van der Waals surface area contributed by atoms with Crippen LogP contribution in [0.5, 0.6) is 0 Å². The molecule has 2 heterocycles. The molecule has 0 saturated heterocycles. The molecule has 0 unspecified atom stereocenters. The van der Waals surface area contributed by atoms with Gasteiger partial charge in [0.1, 0.15) is 10.8 Å². The molecule has 0 aromatic carbocycles. The highest BCUT2D eigenvalue weighted by Crippen LogP contribution is 2.20. The summed E-state index contributed by atoms with van der Waals surface area (Å²) in [5.74, 6) is 0.0150. The van der Waals surface area contributed by atoms with Crippen LogP contribution >= 0.6 is 23.1 Å². The van der Waals surface area contributed by atoms with Crippen molar-refractivity contribution in [2.75, 3.05) is 5.75 Å². The third-order valence-electron chi connectivity index (χ3n) is 2.55. The van der Waals surface area contributed by atoms with Gasteiger partial charge in [-0.2, -0.15) is 0 Å². The van der Waals surface area contributed by atoms with E-state index in [-0.39, 0.29) is 5.75 Å². The fourth-order valence-corrected chi connectivity index (χ4v) is 3.17. The van der Waals surface area contributed by atoms with Crippen molar-refractivity contribution in [3.63, 3.8) is 0 Å². The number of carbonyl (C=O) groups is 1. The second-order valence-corrected chi connectivity index (χ2v) is 6.19. The minimum Gasteiger partial charge on any atom is -0.481 e. The first-order valence-electron chi connectivity index (χ1n) is 6.27. The minimum absolute atomic E-state index is 0.0127. The quantitative estimate of drug-likeness (QED) is 0.790. The Morgan fingerprint density at radius 3 is 2.90 bits per heavy atom. The maximum absolute atomic E-state index is 10.7. The van der Waals surface area contributed by atoms with Crippen LogP contribution in [-0.2, 0) is 17.8 Å². The zero-order valence-corrected chi connectivity index (χ0v) is 13.0. The number of thioether (sulfide) groups is 1.